The minimum Gasteiger partial charge on any atom is -0.492 e. The molecule has 0 heterocycles. The van der Waals surface area contributed by atoms with Crippen LogP contribution in [0.1, 0.15) is 45.2 Å². The number of hydrogen-bond acceptors (Lipinski definition) is 6. The van der Waals surface area contributed by atoms with Gasteiger partial charge in [-0.3, -0.25) is 13.9 Å². The molecular weight excluding hydrogens is 571 g/mol. The standard InChI is InChI=1S/C32H41N3O5S2/c1-7-24(4)33-32(37)25(5)34(21-26-13-11-12-23(3)20-26)31(36)22-35(29-14-9-10-15-30(29)40-8-2)42(38,39)28-18-16-27(41-6)17-19-28/h9-20,24-25H,7-8,21-22H2,1-6H3,(H,33,37)/t24-,25+/m1/s1. The van der Waals surface area contributed by atoms with Crippen LogP contribution in [0.4, 0.5) is 5.69 Å². The Kier molecular flexibility index (Phi) is 11.9. The number of rotatable bonds is 14. The quantitative estimate of drug-likeness (QED) is 0.237. The van der Waals surface area contributed by atoms with Crippen molar-refractivity contribution in [2.24, 2.45) is 0 Å². The number of hydrogen-bond donors (Lipinski definition) is 1. The van der Waals surface area contributed by atoms with Crippen molar-refractivity contribution in [2.45, 2.75) is 69.5 Å². The van der Waals surface area contributed by atoms with E-state index in [0.717, 1.165) is 26.7 Å². The average molecular weight is 612 g/mol. The maximum Gasteiger partial charge on any atom is 0.264 e. The predicted molar refractivity (Wildman–Crippen MR) is 169 cm³/mol. The lowest BCUT2D eigenvalue weighted by atomic mass is 10.1. The van der Waals surface area contributed by atoms with Crippen molar-refractivity contribution in [3.05, 3.63) is 83.9 Å². The minimum atomic E-state index is -4.20. The summed E-state index contributed by atoms with van der Waals surface area (Å²) < 4.78 is 35.2. The summed E-state index contributed by atoms with van der Waals surface area (Å²) in [4.78, 5) is 29.8. The Bertz CT molecular complexity index is 1460. The molecule has 0 unspecified atom stereocenters. The number of aryl methyl sites for hydroxylation is 1. The molecule has 8 nitrogen and oxygen atoms in total. The Morgan fingerprint density at radius 1 is 0.976 bits per heavy atom. The van der Waals surface area contributed by atoms with E-state index in [0.29, 0.717) is 12.4 Å². The average Bonchev–Trinajstić information content (AvgIpc) is 2.98. The van der Waals surface area contributed by atoms with Crippen LogP contribution in [0.2, 0.25) is 0 Å². The number of nitrogens with zero attached hydrogens (tertiary/aromatic N) is 2. The maximum absolute atomic E-state index is 14.2. The third-order valence-corrected chi connectivity index (χ3v) is 9.48. The predicted octanol–water partition coefficient (Wildman–Crippen LogP) is 5.64. The van der Waals surface area contributed by atoms with E-state index >= 15 is 0 Å². The maximum atomic E-state index is 14.2. The molecule has 3 aromatic carbocycles. The topological polar surface area (TPSA) is 96.0 Å². The van der Waals surface area contributed by atoms with Crippen molar-refractivity contribution < 1.29 is 22.7 Å². The van der Waals surface area contributed by atoms with Crippen molar-refractivity contribution in [2.75, 3.05) is 23.7 Å². The highest BCUT2D eigenvalue weighted by Gasteiger charge is 2.34. The van der Waals surface area contributed by atoms with Crippen LogP contribution in [0, 0.1) is 6.92 Å². The van der Waals surface area contributed by atoms with E-state index in [-0.39, 0.29) is 29.1 Å². The number of amides is 2. The Morgan fingerprint density at radius 3 is 2.29 bits per heavy atom. The molecule has 10 heteroatoms. The summed E-state index contributed by atoms with van der Waals surface area (Å²) in [6.45, 7) is 9.23. The first-order valence-corrected chi connectivity index (χ1v) is 16.7. The number of benzene rings is 3. The van der Waals surface area contributed by atoms with Crippen molar-refractivity contribution in [1.29, 1.82) is 0 Å². The van der Waals surface area contributed by atoms with E-state index in [1.165, 1.54) is 28.8 Å². The SMILES string of the molecule is CCOc1ccccc1N(CC(=O)N(Cc1cccc(C)c1)[C@@H](C)C(=O)N[C@H](C)CC)S(=O)(=O)c1ccc(SC)cc1. The number of nitrogens with one attached hydrogen (secondary N) is 1. The lowest BCUT2D eigenvalue weighted by Gasteiger charge is -2.33. The number of anilines is 1. The van der Waals surface area contributed by atoms with Crippen LogP contribution in [0.3, 0.4) is 0 Å². The van der Waals surface area contributed by atoms with Gasteiger partial charge in [0.15, 0.2) is 0 Å². The Hall–Kier alpha value is -3.50. The molecule has 3 aromatic rings. The fraction of sp³-hybridized carbons (Fsp3) is 0.375. The third-order valence-electron chi connectivity index (χ3n) is 6.96. The van der Waals surface area contributed by atoms with E-state index < -0.39 is 28.5 Å². The molecule has 0 bridgehead atoms. The molecule has 1 N–H and O–H groups in total. The Morgan fingerprint density at radius 2 is 1.67 bits per heavy atom. The van der Waals surface area contributed by atoms with Crippen LogP contribution in [0.5, 0.6) is 5.75 Å². The van der Waals surface area contributed by atoms with Gasteiger partial charge in [0.2, 0.25) is 11.8 Å². The molecule has 0 aliphatic rings. The molecule has 0 spiro atoms. The molecule has 0 aliphatic carbocycles. The zero-order valence-corrected chi connectivity index (χ0v) is 26.8. The minimum absolute atomic E-state index is 0.0483. The zero-order chi connectivity index (χ0) is 30.9. The summed E-state index contributed by atoms with van der Waals surface area (Å²) in [5.74, 6) is -0.481. The van der Waals surface area contributed by atoms with Gasteiger partial charge in [0.25, 0.3) is 10.0 Å². The van der Waals surface area contributed by atoms with Crippen LogP contribution < -0.4 is 14.4 Å². The van der Waals surface area contributed by atoms with Gasteiger partial charge in [-0.05, 0) is 82.3 Å². The third kappa shape index (κ3) is 8.29. The molecule has 0 aromatic heterocycles. The van der Waals surface area contributed by atoms with Gasteiger partial charge in [0, 0.05) is 17.5 Å². The first-order chi connectivity index (χ1) is 20.0. The number of sulfonamides is 1. The number of ether oxygens (including phenoxy) is 1. The molecule has 0 saturated carbocycles. The summed E-state index contributed by atoms with van der Waals surface area (Å²) in [7, 11) is -4.20. The van der Waals surface area contributed by atoms with E-state index in [4.69, 9.17) is 4.74 Å². The lowest BCUT2D eigenvalue weighted by Crippen LogP contribution is -2.52. The molecule has 42 heavy (non-hydrogen) atoms. The molecule has 3 rings (SSSR count). The second kappa shape index (κ2) is 15.1. The summed E-state index contributed by atoms with van der Waals surface area (Å²) in [5, 5.41) is 2.95. The summed E-state index contributed by atoms with van der Waals surface area (Å²) in [5.41, 5.74) is 2.09. The fourth-order valence-electron chi connectivity index (χ4n) is 4.38. The summed E-state index contributed by atoms with van der Waals surface area (Å²) >= 11 is 1.50. The number of thioether (sulfide) groups is 1. The normalized spacial score (nSPS) is 12.7. The highest BCUT2D eigenvalue weighted by atomic mass is 32.2. The second-order valence-electron chi connectivity index (χ2n) is 10.1. The first kappa shape index (κ1) is 33.0. The largest absolute Gasteiger partial charge is 0.492 e. The van der Waals surface area contributed by atoms with Gasteiger partial charge in [-0.25, -0.2) is 8.42 Å². The highest BCUT2D eigenvalue weighted by Crippen LogP contribution is 2.33. The summed E-state index contributed by atoms with van der Waals surface area (Å²) in [6, 6.07) is 20.1. The molecular formula is C32H41N3O5S2. The lowest BCUT2D eigenvalue weighted by molar-refractivity contribution is -0.139. The van der Waals surface area contributed by atoms with E-state index in [9.17, 15) is 18.0 Å². The Labute approximate surface area is 254 Å². The molecule has 2 atom stereocenters. The first-order valence-electron chi connectivity index (χ1n) is 14.1. The molecule has 226 valence electrons. The van der Waals surface area contributed by atoms with Crippen LogP contribution in [0.25, 0.3) is 0 Å². The van der Waals surface area contributed by atoms with Gasteiger partial charge in [-0.15, -0.1) is 11.8 Å². The van der Waals surface area contributed by atoms with Crippen LogP contribution in [0.15, 0.2) is 82.6 Å². The molecule has 0 radical (unpaired) electrons. The molecule has 2 amide bonds. The van der Waals surface area contributed by atoms with Gasteiger partial charge in [0.05, 0.1) is 17.2 Å². The van der Waals surface area contributed by atoms with E-state index in [2.05, 4.69) is 5.32 Å². The fourth-order valence-corrected chi connectivity index (χ4v) is 6.22. The van der Waals surface area contributed by atoms with Crippen LogP contribution >= 0.6 is 11.8 Å². The van der Waals surface area contributed by atoms with Crippen LogP contribution in [-0.4, -0.2) is 56.6 Å². The zero-order valence-electron chi connectivity index (χ0n) is 25.2. The number of para-hydroxylation sites is 2. The molecule has 0 fully saturated rings. The number of carbonyl (C=O) groups is 2. The van der Waals surface area contributed by atoms with Crippen molar-refractivity contribution in [3.63, 3.8) is 0 Å². The van der Waals surface area contributed by atoms with Gasteiger partial charge in [-0.1, -0.05) is 48.9 Å². The van der Waals surface area contributed by atoms with Gasteiger partial charge in [0.1, 0.15) is 18.3 Å². The van der Waals surface area contributed by atoms with Gasteiger partial charge >= 0.3 is 0 Å². The second-order valence-corrected chi connectivity index (χ2v) is 12.8. The van der Waals surface area contributed by atoms with Crippen molar-refractivity contribution in [1.82, 2.24) is 10.2 Å². The van der Waals surface area contributed by atoms with Crippen molar-refractivity contribution >= 4 is 39.3 Å². The monoisotopic (exact) mass is 611 g/mol. The van der Waals surface area contributed by atoms with Crippen LogP contribution in [-0.2, 0) is 26.2 Å². The number of carbonyl (C=O) groups excluding carboxylic acids is 2. The van der Waals surface area contributed by atoms with Crippen molar-refractivity contribution in [3.8, 4) is 5.75 Å². The van der Waals surface area contributed by atoms with E-state index in [1.54, 1.807) is 43.3 Å². The Balaban J connectivity index is 2.08. The molecule has 0 saturated heterocycles. The van der Waals surface area contributed by atoms with Gasteiger partial charge < -0.3 is 15.0 Å². The van der Waals surface area contributed by atoms with E-state index in [1.807, 2.05) is 58.2 Å². The summed E-state index contributed by atoms with van der Waals surface area (Å²) in [6.07, 6.45) is 2.65. The molecule has 0 aliphatic heterocycles. The highest BCUT2D eigenvalue weighted by molar-refractivity contribution is 7.98. The smallest absolute Gasteiger partial charge is 0.264 e. The van der Waals surface area contributed by atoms with Gasteiger partial charge in [-0.2, -0.15) is 0 Å².